The number of aromatic hydroxyl groups is 1. The standard InChI is InChI=1S/C35H39ClN6O5/c1-2-14-40-24-33(44)41-31(19-25-8-11-28(43)12-9-25)34(45)39(22-27-10-13-29(36)30(20-27)38-15-17-47-18-16-38)23-32(41)42(40)35(46)37-21-26-6-4-3-5-7-26/h2-13,20,31-32,43H,1,14-19,21-24H2,(H,37,46)/t31-,32-/m0/s1. The first-order chi connectivity index (χ1) is 22.8. The molecule has 0 unspecified atom stereocenters. The van der Waals surface area contributed by atoms with Crippen LogP contribution in [0.4, 0.5) is 10.5 Å². The number of amides is 4. The first kappa shape index (κ1) is 32.4. The van der Waals surface area contributed by atoms with Gasteiger partial charge in [-0.15, -0.1) is 6.58 Å². The highest BCUT2D eigenvalue weighted by atomic mass is 35.5. The third-order valence-electron chi connectivity index (χ3n) is 8.77. The van der Waals surface area contributed by atoms with Gasteiger partial charge in [-0.2, -0.15) is 0 Å². The van der Waals surface area contributed by atoms with E-state index in [9.17, 15) is 19.5 Å². The number of carbonyl (C=O) groups is 3. The number of phenols is 1. The van der Waals surface area contributed by atoms with Crippen LogP contribution in [0.5, 0.6) is 5.75 Å². The van der Waals surface area contributed by atoms with Crippen LogP contribution in [0.1, 0.15) is 16.7 Å². The SMILES string of the molecule is C=CCN1CC(=O)N2[C@@H](Cc3ccc(O)cc3)C(=O)N(Cc3ccc(Cl)c(N4CCOCC4)c3)C[C@@H]2N1C(=O)NCc1ccccc1. The minimum absolute atomic E-state index is 0.0826. The molecular weight excluding hydrogens is 620 g/mol. The number of rotatable bonds is 9. The molecule has 3 saturated heterocycles. The average Bonchev–Trinajstić information content (AvgIpc) is 3.08. The maximum Gasteiger partial charge on any atom is 0.334 e. The molecule has 3 aliphatic heterocycles. The predicted molar refractivity (Wildman–Crippen MR) is 178 cm³/mol. The first-order valence-electron chi connectivity index (χ1n) is 15.8. The van der Waals surface area contributed by atoms with Crippen LogP contribution >= 0.6 is 11.6 Å². The number of fused-ring (bicyclic) bond motifs is 1. The number of morpholine rings is 1. The second kappa shape index (κ2) is 14.5. The molecule has 2 N–H and O–H groups in total. The number of carbonyl (C=O) groups excluding carboxylic acids is 3. The number of hydrogen-bond acceptors (Lipinski definition) is 7. The molecule has 12 heteroatoms. The summed E-state index contributed by atoms with van der Waals surface area (Å²) in [7, 11) is 0. The van der Waals surface area contributed by atoms with Crippen LogP contribution in [0.25, 0.3) is 0 Å². The minimum atomic E-state index is -0.868. The van der Waals surface area contributed by atoms with Crippen molar-refractivity contribution in [1.82, 2.24) is 25.1 Å². The maximum absolute atomic E-state index is 14.3. The van der Waals surface area contributed by atoms with Crippen LogP contribution in [0, 0.1) is 0 Å². The van der Waals surface area contributed by atoms with Crippen molar-refractivity contribution in [1.29, 1.82) is 0 Å². The minimum Gasteiger partial charge on any atom is -0.508 e. The summed E-state index contributed by atoms with van der Waals surface area (Å²) in [6.07, 6.45) is 1.11. The number of nitrogens with one attached hydrogen (secondary N) is 1. The van der Waals surface area contributed by atoms with Gasteiger partial charge in [0.2, 0.25) is 11.8 Å². The van der Waals surface area contributed by atoms with Crippen molar-refractivity contribution in [2.75, 3.05) is 50.8 Å². The van der Waals surface area contributed by atoms with E-state index in [0.717, 1.165) is 22.4 Å². The van der Waals surface area contributed by atoms with E-state index in [1.807, 2.05) is 48.5 Å². The number of phenolic OH excluding ortho intramolecular Hbond substituents is 1. The quantitative estimate of drug-likeness (QED) is 0.338. The molecule has 47 heavy (non-hydrogen) atoms. The Labute approximate surface area is 279 Å². The molecule has 246 valence electrons. The topological polar surface area (TPSA) is 109 Å². The molecule has 0 saturated carbocycles. The van der Waals surface area contributed by atoms with Crippen molar-refractivity contribution in [3.8, 4) is 5.75 Å². The van der Waals surface area contributed by atoms with Gasteiger partial charge in [-0.05, 0) is 41.0 Å². The Morgan fingerprint density at radius 1 is 1.00 bits per heavy atom. The van der Waals surface area contributed by atoms with Gasteiger partial charge in [-0.3, -0.25) is 9.59 Å². The van der Waals surface area contributed by atoms with Crippen molar-refractivity contribution >= 4 is 35.1 Å². The van der Waals surface area contributed by atoms with E-state index in [0.29, 0.717) is 37.9 Å². The predicted octanol–water partition coefficient (Wildman–Crippen LogP) is 3.62. The fourth-order valence-electron chi connectivity index (χ4n) is 6.48. The van der Waals surface area contributed by atoms with Gasteiger partial charge in [0.15, 0.2) is 0 Å². The Hall–Kier alpha value is -4.58. The molecule has 0 radical (unpaired) electrons. The summed E-state index contributed by atoms with van der Waals surface area (Å²) >= 11 is 6.62. The Morgan fingerprint density at radius 2 is 1.72 bits per heavy atom. The third-order valence-corrected chi connectivity index (χ3v) is 9.09. The Bertz CT molecular complexity index is 1600. The summed E-state index contributed by atoms with van der Waals surface area (Å²) in [6, 6.07) is 20.7. The molecule has 4 amide bonds. The number of anilines is 1. The molecule has 0 bridgehead atoms. The molecule has 0 aliphatic carbocycles. The number of ether oxygens (including phenoxy) is 1. The molecule has 3 fully saturated rings. The Morgan fingerprint density at radius 3 is 2.45 bits per heavy atom. The summed E-state index contributed by atoms with van der Waals surface area (Å²) < 4.78 is 5.52. The van der Waals surface area contributed by atoms with Crippen molar-refractivity contribution in [2.24, 2.45) is 0 Å². The van der Waals surface area contributed by atoms with Gasteiger partial charge in [0, 0.05) is 39.1 Å². The van der Waals surface area contributed by atoms with E-state index < -0.39 is 12.2 Å². The zero-order valence-corrected chi connectivity index (χ0v) is 26.9. The Balaban J connectivity index is 1.33. The highest BCUT2D eigenvalue weighted by Crippen LogP contribution is 2.32. The lowest BCUT2D eigenvalue weighted by Gasteiger charge is -2.55. The molecule has 11 nitrogen and oxygen atoms in total. The number of halogens is 1. The van der Waals surface area contributed by atoms with Crippen LogP contribution in [0.15, 0.2) is 85.5 Å². The highest BCUT2D eigenvalue weighted by Gasteiger charge is 2.51. The monoisotopic (exact) mass is 658 g/mol. The van der Waals surface area contributed by atoms with Crippen LogP contribution in [0.2, 0.25) is 5.02 Å². The van der Waals surface area contributed by atoms with Crippen LogP contribution in [0.3, 0.4) is 0 Å². The van der Waals surface area contributed by atoms with Gasteiger partial charge in [0.25, 0.3) is 0 Å². The van der Waals surface area contributed by atoms with Crippen molar-refractivity contribution in [3.05, 3.63) is 107 Å². The lowest BCUT2D eigenvalue weighted by molar-refractivity contribution is -0.189. The fraction of sp³-hybridized carbons (Fsp3) is 0.343. The van der Waals surface area contributed by atoms with Crippen LogP contribution < -0.4 is 10.2 Å². The van der Waals surface area contributed by atoms with Gasteiger partial charge >= 0.3 is 6.03 Å². The van der Waals surface area contributed by atoms with Gasteiger partial charge in [0.1, 0.15) is 18.0 Å². The smallest absolute Gasteiger partial charge is 0.334 e. The maximum atomic E-state index is 14.3. The molecule has 0 spiro atoms. The zero-order valence-electron chi connectivity index (χ0n) is 26.1. The van der Waals surface area contributed by atoms with Gasteiger partial charge in [-0.25, -0.2) is 14.8 Å². The first-order valence-corrected chi connectivity index (χ1v) is 16.2. The normalized spacial score (nSPS) is 20.3. The number of benzene rings is 3. The summed E-state index contributed by atoms with van der Waals surface area (Å²) in [6.45, 7) is 7.36. The number of hydrogen-bond donors (Lipinski definition) is 2. The van der Waals surface area contributed by atoms with E-state index in [2.05, 4.69) is 16.8 Å². The molecule has 3 heterocycles. The van der Waals surface area contributed by atoms with Crippen molar-refractivity contribution < 1.29 is 24.2 Å². The third kappa shape index (κ3) is 7.22. The van der Waals surface area contributed by atoms with Crippen molar-refractivity contribution in [2.45, 2.75) is 31.7 Å². The van der Waals surface area contributed by atoms with Gasteiger partial charge in [-0.1, -0.05) is 66.2 Å². The summed E-state index contributed by atoms with van der Waals surface area (Å²) in [5.74, 6) is -0.355. The van der Waals surface area contributed by atoms with E-state index in [-0.39, 0.29) is 56.2 Å². The van der Waals surface area contributed by atoms with E-state index >= 15 is 0 Å². The molecule has 0 aromatic heterocycles. The molecule has 3 aromatic rings. The summed E-state index contributed by atoms with van der Waals surface area (Å²) in [5.41, 5.74) is 3.48. The van der Waals surface area contributed by atoms with E-state index in [1.54, 1.807) is 50.2 Å². The second-order valence-electron chi connectivity index (χ2n) is 11.9. The number of nitrogens with zero attached hydrogens (tertiary/aromatic N) is 5. The molecule has 3 aromatic carbocycles. The van der Waals surface area contributed by atoms with E-state index in [4.69, 9.17) is 16.3 Å². The van der Waals surface area contributed by atoms with Gasteiger partial charge in [0.05, 0.1) is 37.0 Å². The second-order valence-corrected chi connectivity index (χ2v) is 12.3. The van der Waals surface area contributed by atoms with E-state index in [1.165, 1.54) is 0 Å². The number of urea groups is 1. The average molecular weight is 659 g/mol. The summed E-state index contributed by atoms with van der Waals surface area (Å²) in [4.78, 5) is 47.6. The number of hydrazine groups is 1. The van der Waals surface area contributed by atoms with Crippen LogP contribution in [-0.4, -0.2) is 101 Å². The molecule has 6 rings (SSSR count). The highest BCUT2D eigenvalue weighted by molar-refractivity contribution is 6.33. The molecule has 3 aliphatic rings. The summed E-state index contributed by atoms with van der Waals surface area (Å²) in [5, 5.41) is 16.8. The molecular formula is C35H39ClN6O5. The molecule has 2 atom stereocenters. The lowest BCUT2D eigenvalue weighted by Crippen LogP contribution is -2.76. The van der Waals surface area contributed by atoms with Gasteiger partial charge < -0.3 is 29.9 Å². The zero-order chi connectivity index (χ0) is 32.9. The Kier molecular flexibility index (Phi) is 9.95. The number of piperazine rings is 1. The lowest BCUT2D eigenvalue weighted by atomic mass is 9.98. The van der Waals surface area contributed by atoms with Crippen molar-refractivity contribution in [3.63, 3.8) is 0 Å². The van der Waals surface area contributed by atoms with Crippen LogP contribution in [-0.2, 0) is 33.8 Å². The largest absolute Gasteiger partial charge is 0.508 e. The fourth-order valence-corrected chi connectivity index (χ4v) is 6.71.